The maximum absolute atomic E-state index is 5.82. The molecule has 0 aromatic heterocycles. The van der Waals surface area contributed by atoms with E-state index in [0.29, 0.717) is 0 Å². The van der Waals surface area contributed by atoms with Crippen molar-refractivity contribution < 1.29 is 18.9 Å². The zero-order valence-corrected chi connectivity index (χ0v) is 28.8. The van der Waals surface area contributed by atoms with Gasteiger partial charge in [0.1, 0.15) is 23.0 Å². The molecule has 0 amide bonds. The van der Waals surface area contributed by atoms with Crippen LogP contribution in [0.1, 0.15) is 72.2 Å². The summed E-state index contributed by atoms with van der Waals surface area (Å²) < 4.78 is 23.3. The lowest BCUT2D eigenvalue weighted by atomic mass is 9.77. The van der Waals surface area contributed by atoms with Gasteiger partial charge in [0, 0.05) is 56.1 Å². The van der Waals surface area contributed by atoms with Gasteiger partial charge in [0.2, 0.25) is 0 Å². The largest absolute Gasteiger partial charge is 0.496 e. The van der Waals surface area contributed by atoms with Crippen LogP contribution in [0, 0.1) is 0 Å². The van der Waals surface area contributed by atoms with Gasteiger partial charge >= 0.3 is 0 Å². The summed E-state index contributed by atoms with van der Waals surface area (Å²) in [6, 6.07) is 26.5. The van der Waals surface area contributed by atoms with E-state index in [1.54, 1.807) is 28.4 Å². The first kappa shape index (κ1) is 32.2. The highest BCUT2D eigenvalue weighted by Crippen LogP contribution is 2.41. The summed E-state index contributed by atoms with van der Waals surface area (Å²) in [5, 5.41) is 0. The van der Waals surface area contributed by atoms with Crippen LogP contribution in [0.3, 0.4) is 0 Å². The standard InChI is InChI=1S/C38H44O4S2/c1-37(2)29-9-13-33(39-5)25(17-29)21-43-23-27-19-31(11-15-35(27)41-7)38(3,4)32-12-16-36(42-8)28(20-32)24-44-22-26-18-30(37)10-14-34(26)40-6/h9-20H,21-24H2,1-8H3. The lowest BCUT2D eigenvalue weighted by Gasteiger charge is -2.29. The fraction of sp³-hybridized carbons (Fsp3) is 0.368. The maximum Gasteiger partial charge on any atom is 0.122 e. The van der Waals surface area contributed by atoms with E-state index >= 15 is 0 Å². The predicted octanol–water partition coefficient (Wildman–Crippen LogP) is 9.55. The number of fused-ring (bicyclic) bond motifs is 8. The third-order valence-corrected chi connectivity index (χ3v) is 11.1. The van der Waals surface area contributed by atoms with Crippen LogP contribution in [-0.4, -0.2) is 28.4 Å². The SMILES string of the molecule is COc1ccc2cc1CSCc1cc(ccc1OC)C(C)(C)c1ccc(OC)c(c1)CSCc1cc(ccc1OC)C2(C)C. The van der Waals surface area contributed by atoms with Crippen molar-refractivity contribution in [3.05, 3.63) is 117 Å². The molecule has 5 rings (SSSR count). The molecule has 4 aromatic rings. The second kappa shape index (κ2) is 13.4. The topological polar surface area (TPSA) is 36.9 Å². The molecule has 0 N–H and O–H groups in total. The van der Waals surface area contributed by atoms with Crippen LogP contribution in [0.25, 0.3) is 0 Å². The molecule has 0 saturated heterocycles. The first-order valence-corrected chi connectivity index (χ1v) is 17.3. The minimum absolute atomic E-state index is 0.209. The van der Waals surface area contributed by atoms with Crippen molar-refractivity contribution in [1.82, 2.24) is 0 Å². The van der Waals surface area contributed by atoms with Gasteiger partial charge in [-0.1, -0.05) is 76.2 Å². The van der Waals surface area contributed by atoms with Crippen molar-refractivity contribution in [3.63, 3.8) is 0 Å². The lowest BCUT2D eigenvalue weighted by Crippen LogP contribution is -2.20. The third-order valence-electron chi connectivity index (χ3n) is 9.04. The lowest BCUT2D eigenvalue weighted by molar-refractivity contribution is 0.410. The van der Waals surface area contributed by atoms with E-state index in [2.05, 4.69) is 100 Å². The molecular weight excluding hydrogens is 585 g/mol. The summed E-state index contributed by atoms with van der Waals surface area (Å²) in [5.74, 6) is 7.00. The Morgan fingerprint density at radius 1 is 0.409 bits per heavy atom. The number of rotatable bonds is 4. The predicted molar refractivity (Wildman–Crippen MR) is 186 cm³/mol. The average molecular weight is 629 g/mol. The van der Waals surface area contributed by atoms with Gasteiger partial charge in [0.25, 0.3) is 0 Å². The van der Waals surface area contributed by atoms with Crippen LogP contribution in [0.4, 0.5) is 0 Å². The van der Waals surface area contributed by atoms with Crippen molar-refractivity contribution in [3.8, 4) is 23.0 Å². The fourth-order valence-corrected chi connectivity index (χ4v) is 7.98. The number of hydrogen-bond donors (Lipinski definition) is 0. The molecule has 0 radical (unpaired) electrons. The Balaban J connectivity index is 1.63. The van der Waals surface area contributed by atoms with Crippen molar-refractivity contribution in [2.45, 2.75) is 61.5 Å². The molecule has 0 fully saturated rings. The molecule has 1 aliphatic rings. The van der Waals surface area contributed by atoms with Crippen LogP contribution < -0.4 is 18.9 Å². The molecule has 4 nitrogen and oxygen atoms in total. The summed E-state index contributed by atoms with van der Waals surface area (Å²) in [5.41, 5.74) is 9.41. The van der Waals surface area contributed by atoms with Gasteiger partial charge in [-0.3, -0.25) is 0 Å². The monoisotopic (exact) mass is 628 g/mol. The molecule has 0 aliphatic carbocycles. The molecule has 0 saturated carbocycles. The Morgan fingerprint density at radius 2 is 0.636 bits per heavy atom. The minimum atomic E-state index is -0.209. The van der Waals surface area contributed by atoms with Crippen molar-refractivity contribution in [2.75, 3.05) is 28.4 Å². The Bertz CT molecular complexity index is 1390. The first-order valence-electron chi connectivity index (χ1n) is 15.0. The summed E-state index contributed by atoms with van der Waals surface area (Å²) in [7, 11) is 7.02. The van der Waals surface area contributed by atoms with Crippen LogP contribution in [0.5, 0.6) is 23.0 Å². The smallest absolute Gasteiger partial charge is 0.122 e. The van der Waals surface area contributed by atoms with Crippen LogP contribution in [0.2, 0.25) is 0 Å². The molecule has 232 valence electrons. The Labute approximate surface area is 271 Å². The Hall–Kier alpha value is -3.22. The number of methoxy groups -OCH3 is 4. The van der Waals surface area contributed by atoms with Gasteiger partial charge in [-0.05, 0) is 46.5 Å². The summed E-state index contributed by atoms with van der Waals surface area (Å²) in [6.07, 6.45) is 0. The highest BCUT2D eigenvalue weighted by Gasteiger charge is 2.27. The zero-order valence-electron chi connectivity index (χ0n) is 27.2. The van der Waals surface area contributed by atoms with Gasteiger partial charge in [0.05, 0.1) is 28.4 Å². The van der Waals surface area contributed by atoms with Crippen molar-refractivity contribution in [1.29, 1.82) is 0 Å². The summed E-state index contributed by atoms with van der Waals surface area (Å²) >= 11 is 3.76. The van der Waals surface area contributed by atoms with Gasteiger partial charge < -0.3 is 18.9 Å². The highest BCUT2D eigenvalue weighted by molar-refractivity contribution is 7.98. The molecule has 0 unspecified atom stereocenters. The van der Waals surface area contributed by atoms with Crippen LogP contribution in [-0.2, 0) is 33.8 Å². The van der Waals surface area contributed by atoms with Crippen LogP contribution in [0.15, 0.2) is 72.8 Å². The second-order valence-corrected chi connectivity index (χ2v) is 14.3. The Kier molecular flexibility index (Phi) is 9.81. The van der Waals surface area contributed by atoms with Crippen molar-refractivity contribution >= 4 is 23.5 Å². The van der Waals surface area contributed by atoms with Crippen molar-refractivity contribution in [2.24, 2.45) is 0 Å². The molecule has 44 heavy (non-hydrogen) atoms. The zero-order chi connectivity index (χ0) is 31.5. The van der Waals surface area contributed by atoms with E-state index in [1.807, 2.05) is 23.5 Å². The molecule has 0 atom stereocenters. The summed E-state index contributed by atoms with van der Waals surface area (Å²) in [6.45, 7) is 9.19. The fourth-order valence-electron chi connectivity index (χ4n) is 6.00. The van der Waals surface area contributed by atoms with E-state index in [9.17, 15) is 0 Å². The maximum atomic E-state index is 5.82. The normalized spacial score (nSPS) is 16.0. The molecule has 0 spiro atoms. The summed E-state index contributed by atoms with van der Waals surface area (Å²) in [4.78, 5) is 0. The van der Waals surface area contributed by atoms with Gasteiger partial charge in [0.15, 0.2) is 0 Å². The van der Waals surface area contributed by atoms with E-state index in [0.717, 1.165) is 46.0 Å². The van der Waals surface area contributed by atoms with E-state index in [1.165, 1.54) is 44.5 Å². The number of hydrogen-bond acceptors (Lipinski definition) is 6. The number of benzene rings is 4. The molecule has 4 aromatic carbocycles. The average Bonchev–Trinajstić information content (AvgIpc) is 3.04. The van der Waals surface area contributed by atoms with Gasteiger partial charge in [-0.25, -0.2) is 0 Å². The second-order valence-electron chi connectivity index (χ2n) is 12.3. The molecular formula is C38H44O4S2. The van der Waals surface area contributed by atoms with Gasteiger partial charge in [-0.2, -0.15) is 23.5 Å². The quantitative estimate of drug-likeness (QED) is 0.224. The number of ether oxygens (including phenoxy) is 4. The first-order chi connectivity index (χ1) is 21.1. The molecule has 1 aliphatic heterocycles. The molecule has 8 bridgehead atoms. The van der Waals surface area contributed by atoms with E-state index < -0.39 is 0 Å². The minimum Gasteiger partial charge on any atom is -0.496 e. The third kappa shape index (κ3) is 6.43. The van der Waals surface area contributed by atoms with E-state index in [-0.39, 0.29) is 10.8 Å². The Morgan fingerprint density at radius 3 is 0.841 bits per heavy atom. The van der Waals surface area contributed by atoms with E-state index in [4.69, 9.17) is 18.9 Å². The molecule has 6 heteroatoms. The highest BCUT2D eigenvalue weighted by atomic mass is 32.2. The van der Waals surface area contributed by atoms with Crippen LogP contribution >= 0.6 is 23.5 Å². The number of thioether (sulfide) groups is 2. The molecule has 1 heterocycles. The van der Waals surface area contributed by atoms with Gasteiger partial charge in [-0.15, -0.1) is 0 Å².